The van der Waals surface area contributed by atoms with Gasteiger partial charge in [0.15, 0.2) is 0 Å². The summed E-state index contributed by atoms with van der Waals surface area (Å²) in [6.07, 6.45) is 69.7. The largest absolute Gasteiger partial charge is 0.756 e. The number of allylic oxidation sites excluding steroid dienone is 18. The van der Waals surface area contributed by atoms with Gasteiger partial charge in [0.1, 0.15) is 19.3 Å². The molecule has 0 heterocycles. The van der Waals surface area contributed by atoms with Gasteiger partial charge in [-0.05, 0) is 103 Å². The Labute approximate surface area is 412 Å². The van der Waals surface area contributed by atoms with E-state index in [-0.39, 0.29) is 32.2 Å². The zero-order chi connectivity index (χ0) is 49.0. The Balaban J connectivity index is 4.21. The molecule has 0 spiro atoms. The Hall–Kier alpha value is -2.84. The van der Waals surface area contributed by atoms with Gasteiger partial charge in [-0.3, -0.25) is 9.36 Å². The van der Waals surface area contributed by atoms with E-state index in [1.807, 2.05) is 21.1 Å². The van der Waals surface area contributed by atoms with Gasteiger partial charge in [-0.25, -0.2) is 0 Å². The summed E-state index contributed by atoms with van der Waals surface area (Å²) in [6, 6.07) is 0. The van der Waals surface area contributed by atoms with Crippen molar-refractivity contribution in [3.05, 3.63) is 109 Å². The predicted molar refractivity (Wildman–Crippen MR) is 286 cm³/mol. The topological polar surface area (TPSA) is 94.1 Å². The van der Waals surface area contributed by atoms with Crippen molar-refractivity contribution in [2.24, 2.45) is 0 Å². The van der Waals surface area contributed by atoms with Crippen LogP contribution in [0.2, 0.25) is 0 Å². The summed E-state index contributed by atoms with van der Waals surface area (Å²) in [7, 11) is 1.32. The van der Waals surface area contributed by atoms with Crippen LogP contribution in [-0.2, 0) is 27.9 Å². The minimum Gasteiger partial charge on any atom is -0.756 e. The lowest BCUT2D eigenvalue weighted by atomic mass is 10.1. The molecular weight excluding hydrogens is 854 g/mol. The monoisotopic (exact) mass is 954 g/mol. The molecule has 67 heavy (non-hydrogen) atoms. The Morgan fingerprint density at radius 3 is 1.30 bits per heavy atom. The van der Waals surface area contributed by atoms with Crippen LogP contribution in [-0.4, -0.2) is 70.7 Å². The van der Waals surface area contributed by atoms with Gasteiger partial charge < -0.3 is 27.9 Å². The number of hydrogen-bond acceptors (Lipinski definition) is 7. The van der Waals surface area contributed by atoms with Crippen molar-refractivity contribution in [2.75, 3.05) is 54.1 Å². The van der Waals surface area contributed by atoms with Gasteiger partial charge in [0.05, 0.1) is 34.4 Å². The fraction of sp³-hybridized carbons (Fsp3) is 0.672. The van der Waals surface area contributed by atoms with Crippen LogP contribution in [0.3, 0.4) is 0 Å². The first kappa shape index (κ1) is 64.2. The first-order valence-electron chi connectivity index (χ1n) is 26.6. The highest BCUT2D eigenvalue weighted by Gasteiger charge is 2.20. The molecule has 2 unspecified atom stereocenters. The number of carbonyl (C=O) groups excluding carboxylic acids is 1. The maximum atomic E-state index is 12.8. The molecule has 0 aromatic heterocycles. The molecule has 0 aromatic carbocycles. The second-order valence-electron chi connectivity index (χ2n) is 18.5. The standard InChI is InChI=1S/C58H100NO7P/c1-6-8-10-12-14-16-18-20-22-24-26-27-28-29-30-31-32-34-36-38-40-42-44-46-48-50-53-63-55-57(56-65-67(61,62)64-54-52-59(3,4)5)66-58(60)51-49-47-45-43-41-39-37-35-33-25-23-21-19-17-15-13-11-9-7-2/h8,10,14-17,20-23,26-27,29-30,32-35,57H,6-7,9,11-13,18-19,24-25,28,31,36-56H2,1-5H3/b10-8-,16-14-,17-15-,22-20-,23-21-,27-26-,30-29-,34-32-,35-33-. The Bertz CT molecular complexity index is 1430. The Morgan fingerprint density at radius 2 is 0.866 bits per heavy atom. The molecule has 8 nitrogen and oxygen atoms in total. The van der Waals surface area contributed by atoms with Crippen LogP contribution in [0, 0.1) is 0 Å². The number of phosphoric acid groups is 1. The molecule has 0 rings (SSSR count). The van der Waals surface area contributed by atoms with Gasteiger partial charge in [-0.15, -0.1) is 0 Å². The summed E-state index contributed by atoms with van der Waals surface area (Å²) in [5.41, 5.74) is 0. The quantitative estimate of drug-likeness (QED) is 0.0197. The number of hydrogen-bond donors (Lipinski definition) is 0. The molecule has 0 saturated carbocycles. The lowest BCUT2D eigenvalue weighted by molar-refractivity contribution is -0.870. The van der Waals surface area contributed by atoms with E-state index in [0.29, 0.717) is 17.6 Å². The van der Waals surface area contributed by atoms with Crippen molar-refractivity contribution >= 4 is 13.8 Å². The van der Waals surface area contributed by atoms with Gasteiger partial charge in [-0.2, -0.15) is 0 Å². The van der Waals surface area contributed by atoms with Crippen LogP contribution in [0.1, 0.15) is 194 Å². The van der Waals surface area contributed by atoms with Crippen molar-refractivity contribution < 1.29 is 37.3 Å². The lowest BCUT2D eigenvalue weighted by Crippen LogP contribution is -2.37. The third-order valence-corrected chi connectivity index (χ3v) is 11.8. The number of esters is 1. The third-order valence-electron chi connectivity index (χ3n) is 10.8. The first-order valence-corrected chi connectivity index (χ1v) is 28.1. The molecule has 0 saturated heterocycles. The van der Waals surface area contributed by atoms with Crippen molar-refractivity contribution in [3.8, 4) is 0 Å². The van der Waals surface area contributed by atoms with Crippen LogP contribution in [0.15, 0.2) is 109 Å². The Kier molecular flexibility index (Phi) is 47.5. The first-order chi connectivity index (χ1) is 32.6. The second-order valence-corrected chi connectivity index (χ2v) is 19.9. The molecule has 0 N–H and O–H groups in total. The molecule has 384 valence electrons. The smallest absolute Gasteiger partial charge is 0.306 e. The number of phosphoric ester groups is 1. The third kappa shape index (κ3) is 54.0. The minimum absolute atomic E-state index is 0.0145. The second kappa shape index (κ2) is 49.6. The minimum atomic E-state index is -4.55. The van der Waals surface area contributed by atoms with E-state index in [9.17, 15) is 14.3 Å². The SMILES string of the molecule is CC/C=C\C/C=C\C/C=C\C/C=C\C/C=C\C/C=C\CCCCCCCCCOCC(COP(=O)([O-])OCC[N+](C)(C)C)OC(=O)CCCCCCCC/C=C\C/C=C\C/C=C\CCCCC. The molecule has 9 heteroatoms. The molecule has 0 aromatic rings. The van der Waals surface area contributed by atoms with Gasteiger partial charge in [0.25, 0.3) is 7.82 Å². The molecular formula is C58H100NO7P. The van der Waals surface area contributed by atoms with Crippen LogP contribution < -0.4 is 4.89 Å². The molecule has 0 aliphatic carbocycles. The van der Waals surface area contributed by atoms with Crippen molar-refractivity contribution in [1.82, 2.24) is 0 Å². The number of likely N-dealkylation sites (N-methyl/N-ethyl adjacent to an activating group) is 1. The molecule has 2 atom stereocenters. The normalized spacial score (nSPS) is 14.4. The fourth-order valence-electron chi connectivity index (χ4n) is 6.73. The number of unbranched alkanes of at least 4 members (excludes halogenated alkanes) is 16. The van der Waals surface area contributed by atoms with E-state index in [0.717, 1.165) is 109 Å². The average molecular weight is 954 g/mol. The van der Waals surface area contributed by atoms with E-state index in [4.69, 9.17) is 18.5 Å². The van der Waals surface area contributed by atoms with Crippen molar-refractivity contribution in [3.63, 3.8) is 0 Å². The highest BCUT2D eigenvalue weighted by Crippen LogP contribution is 2.38. The number of carbonyl (C=O) groups is 1. The van der Waals surface area contributed by atoms with Crippen LogP contribution >= 0.6 is 7.82 Å². The predicted octanol–water partition coefficient (Wildman–Crippen LogP) is 16.1. The molecule has 0 fully saturated rings. The number of rotatable bonds is 48. The van der Waals surface area contributed by atoms with E-state index in [2.05, 4.69) is 123 Å². The number of ether oxygens (including phenoxy) is 2. The Morgan fingerprint density at radius 1 is 0.478 bits per heavy atom. The fourth-order valence-corrected chi connectivity index (χ4v) is 7.46. The van der Waals surface area contributed by atoms with Crippen LogP contribution in [0.4, 0.5) is 0 Å². The zero-order valence-corrected chi connectivity index (χ0v) is 44.5. The van der Waals surface area contributed by atoms with Gasteiger partial charge >= 0.3 is 5.97 Å². The van der Waals surface area contributed by atoms with Crippen molar-refractivity contribution in [2.45, 2.75) is 200 Å². The number of nitrogens with zero attached hydrogens (tertiary/aromatic N) is 1. The zero-order valence-electron chi connectivity index (χ0n) is 43.6. The highest BCUT2D eigenvalue weighted by atomic mass is 31.2. The summed E-state index contributed by atoms with van der Waals surface area (Å²) in [4.78, 5) is 25.2. The molecule has 0 amide bonds. The molecule has 0 aliphatic rings. The van der Waals surface area contributed by atoms with Gasteiger partial charge in [0, 0.05) is 13.0 Å². The van der Waals surface area contributed by atoms with Crippen molar-refractivity contribution in [1.29, 1.82) is 0 Å². The number of quaternary nitrogens is 1. The van der Waals surface area contributed by atoms with E-state index in [1.54, 1.807) is 0 Å². The van der Waals surface area contributed by atoms with E-state index in [1.165, 1.54) is 64.2 Å². The van der Waals surface area contributed by atoms with E-state index < -0.39 is 13.9 Å². The summed E-state index contributed by atoms with van der Waals surface area (Å²) in [5, 5.41) is 0. The van der Waals surface area contributed by atoms with Gasteiger partial charge in [-0.1, -0.05) is 194 Å². The summed E-state index contributed by atoms with van der Waals surface area (Å²) in [5.74, 6) is -0.355. The summed E-state index contributed by atoms with van der Waals surface area (Å²) < 4.78 is 34.7. The van der Waals surface area contributed by atoms with Crippen LogP contribution in [0.5, 0.6) is 0 Å². The summed E-state index contributed by atoms with van der Waals surface area (Å²) >= 11 is 0. The molecule has 0 aliphatic heterocycles. The highest BCUT2D eigenvalue weighted by molar-refractivity contribution is 7.45. The maximum absolute atomic E-state index is 12.8. The molecule has 0 bridgehead atoms. The van der Waals surface area contributed by atoms with E-state index >= 15 is 0 Å². The van der Waals surface area contributed by atoms with Gasteiger partial charge in [0.2, 0.25) is 0 Å². The average Bonchev–Trinajstić information content (AvgIpc) is 3.29. The molecule has 0 radical (unpaired) electrons. The lowest BCUT2D eigenvalue weighted by Gasteiger charge is -2.28. The maximum Gasteiger partial charge on any atom is 0.306 e. The summed E-state index contributed by atoms with van der Waals surface area (Å²) in [6.45, 7) is 5.21. The van der Waals surface area contributed by atoms with Crippen LogP contribution in [0.25, 0.3) is 0 Å².